The van der Waals surface area contributed by atoms with Gasteiger partial charge in [0.05, 0.1) is 16.8 Å². The van der Waals surface area contributed by atoms with Crippen LogP contribution in [0.3, 0.4) is 0 Å². The van der Waals surface area contributed by atoms with Gasteiger partial charge >= 0.3 is 5.97 Å². The van der Waals surface area contributed by atoms with Crippen molar-refractivity contribution in [1.29, 1.82) is 0 Å². The summed E-state index contributed by atoms with van der Waals surface area (Å²) in [5.74, 6) is -1.53. The number of sulfone groups is 1. The molecule has 0 amide bonds. The van der Waals surface area contributed by atoms with Crippen molar-refractivity contribution in [3.63, 3.8) is 0 Å². The van der Waals surface area contributed by atoms with E-state index in [0.717, 1.165) is 6.42 Å². The number of nitrogens with one attached hydrogen (secondary N) is 1. The van der Waals surface area contributed by atoms with E-state index < -0.39 is 37.1 Å². The molecule has 1 rings (SSSR count). The molecular weight excluding hydrogens is 306 g/mol. The van der Waals surface area contributed by atoms with E-state index in [1.807, 2.05) is 6.92 Å². The second kappa shape index (κ2) is 6.86. The molecule has 1 saturated heterocycles. The minimum absolute atomic E-state index is 0.0256. The second-order valence-electron chi connectivity index (χ2n) is 5.05. The Kier molecular flexibility index (Phi) is 5.96. The zero-order valence-corrected chi connectivity index (χ0v) is 13.0. The van der Waals surface area contributed by atoms with Crippen molar-refractivity contribution in [3.05, 3.63) is 0 Å². The number of carboxylic acid groups (broad SMARTS) is 1. The number of unbranched alkanes of at least 4 members (excludes halogenated alkanes) is 1. The number of hydrogen-bond acceptors (Lipinski definition) is 5. The lowest BCUT2D eigenvalue weighted by atomic mass is 10.1. The maximum atomic E-state index is 12.1. The van der Waals surface area contributed by atoms with Crippen LogP contribution in [0, 0.1) is 0 Å². The molecule has 118 valence electrons. The molecule has 2 N–H and O–H groups in total. The molecule has 20 heavy (non-hydrogen) atoms. The first-order chi connectivity index (χ1) is 9.18. The van der Waals surface area contributed by atoms with Crippen LogP contribution in [0.15, 0.2) is 0 Å². The van der Waals surface area contributed by atoms with Crippen molar-refractivity contribution in [1.82, 2.24) is 4.72 Å². The van der Waals surface area contributed by atoms with Crippen LogP contribution in [0.2, 0.25) is 0 Å². The number of sulfonamides is 1. The van der Waals surface area contributed by atoms with Crippen molar-refractivity contribution in [2.45, 2.75) is 50.3 Å². The third-order valence-electron chi connectivity index (χ3n) is 3.39. The number of hydrogen-bond donors (Lipinski definition) is 2. The molecule has 0 unspecified atom stereocenters. The Hall–Kier alpha value is -0.670. The molecule has 0 aromatic heterocycles. The summed E-state index contributed by atoms with van der Waals surface area (Å²) in [5.41, 5.74) is 0. The lowest BCUT2D eigenvalue weighted by Crippen LogP contribution is -2.47. The predicted octanol–water partition coefficient (Wildman–Crippen LogP) is 0.126. The van der Waals surface area contributed by atoms with Crippen LogP contribution in [0.5, 0.6) is 0 Å². The van der Waals surface area contributed by atoms with Crippen LogP contribution in [0.25, 0.3) is 0 Å². The highest BCUT2D eigenvalue weighted by Crippen LogP contribution is 2.19. The molecule has 0 bridgehead atoms. The van der Waals surface area contributed by atoms with E-state index in [1.54, 1.807) is 0 Å². The third kappa shape index (κ3) is 5.02. The van der Waals surface area contributed by atoms with Crippen LogP contribution < -0.4 is 4.72 Å². The van der Waals surface area contributed by atoms with Gasteiger partial charge in [-0.05, 0) is 19.3 Å². The summed E-state index contributed by atoms with van der Waals surface area (Å²) < 4.78 is 49.0. The van der Waals surface area contributed by atoms with Crippen molar-refractivity contribution in [2.24, 2.45) is 0 Å². The fourth-order valence-corrected chi connectivity index (χ4v) is 5.57. The first kappa shape index (κ1) is 17.4. The van der Waals surface area contributed by atoms with Gasteiger partial charge in [-0.25, -0.2) is 21.6 Å². The Morgan fingerprint density at radius 1 is 1.35 bits per heavy atom. The van der Waals surface area contributed by atoms with Gasteiger partial charge in [-0.2, -0.15) is 0 Å². The maximum Gasteiger partial charge on any atom is 0.321 e. The standard InChI is InChI=1S/C11H21NO6S2/c1-2-3-4-10(11(13)14)12-20(17,18)9-5-7-19(15,16)8-6-9/h9-10,12H,2-8H2,1H3,(H,13,14)/t10-/m0/s1. The summed E-state index contributed by atoms with van der Waals surface area (Å²) in [6, 6.07) is -1.14. The summed E-state index contributed by atoms with van der Waals surface area (Å²) in [6.45, 7) is 1.89. The number of carbonyl (C=O) groups is 1. The van der Waals surface area contributed by atoms with Crippen molar-refractivity contribution >= 4 is 25.8 Å². The molecule has 1 aliphatic heterocycles. The van der Waals surface area contributed by atoms with Crippen LogP contribution in [0.4, 0.5) is 0 Å². The highest BCUT2D eigenvalue weighted by Gasteiger charge is 2.35. The van der Waals surface area contributed by atoms with Gasteiger partial charge in [-0.1, -0.05) is 19.8 Å². The smallest absolute Gasteiger partial charge is 0.321 e. The van der Waals surface area contributed by atoms with Gasteiger partial charge in [-0.3, -0.25) is 4.79 Å². The van der Waals surface area contributed by atoms with E-state index in [1.165, 1.54) is 0 Å². The van der Waals surface area contributed by atoms with Crippen molar-refractivity contribution < 1.29 is 26.7 Å². The van der Waals surface area contributed by atoms with E-state index in [0.29, 0.717) is 6.42 Å². The van der Waals surface area contributed by atoms with Gasteiger partial charge in [0, 0.05) is 0 Å². The molecule has 0 aliphatic carbocycles. The molecule has 1 atom stereocenters. The van der Waals surface area contributed by atoms with Gasteiger partial charge in [0.15, 0.2) is 0 Å². The second-order valence-corrected chi connectivity index (χ2v) is 9.34. The predicted molar refractivity (Wildman–Crippen MR) is 74.7 cm³/mol. The molecule has 0 radical (unpaired) electrons. The van der Waals surface area contributed by atoms with E-state index in [-0.39, 0.29) is 30.8 Å². The molecule has 1 aliphatic rings. The summed E-state index contributed by atoms with van der Waals surface area (Å²) in [7, 11) is -6.95. The summed E-state index contributed by atoms with van der Waals surface area (Å²) in [6.07, 6.45) is 1.66. The van der Waals surface area contributed by atoms with Gasteiger partial charge in [0.2, 0.25) is 10.0 Å². The Morgan fingerprint density at radius 3 is 2.35 bits per heavy atom. The van der Waals surface area contributed by atoms with Crippen molar-refractivity contribution in [3.8, 4) is 0 Å². The normalized spacial score (nSPS) is 21.4. The lowest BCUT2D eigenvalue weighted by Gasteiger charge is -2.24. The zero-order valence-electron chi connectivity index (χ0n) is 11.4. The Labute approximate surface area is 119 Å². The Balaban J connectivity index is 2.70. The highest BCUT2D eigenvalue weighted by atomic mass is 32.2. The van der Waals surface area contributed by atoms with E-state index in [4.69, 9.17) is 5.11 Å². The van der Waals surface area contributed by atoms with Gasteiger partial charge in [0.1, 0.15) is 15.9 Å². The molecule has 9 heteroatoms. The molecular formula is C11H21NO6S2. The number of carboxylic acids is 1. The van der Waals surface area contributed by atoms with Crippen molar-refractivity contribution in [2.75, 3.05) is 11.5 Å². The van der Waals surface area contributed by atoms with Crippen LogP contribution in [-0.4, -0.2) is 50.7 Å². The van der Waals surface area contributed by atoms with Gasteiger partial charge in [0.25, 0.3) is 0 Å². The van der Waals surface area contributed by atoms with E-state index in [9.17, 15) is 21.6 Å². The average Bonchev–Trinajstić information content (AvgIpc) is 2.33. The Morgan fingerprint density at radius 2 is 1.90 bits per heavy atom. The monoisotopic (exact) mass is 327 g/mol. The molecule has 0 spiro atoms. The summed E-state index contributed by atoms with van der Waals surface area (Å²) in [5, 5.41) is 8.20. The molecule has 1 heterocycles. The molecule has 1 fully saturated rings. The van der Waals surface area contributed by atoms with Crippen LogP contribution in [0.1, 0.15) is 39.0 Å². The minimum Gasteiger partial charge on any atom is -0.480 e. The molecule has 7 nitrogen and oxygen atoms in total. The minimum atomic E-state index is -3.80. The zero-order chi connectivity index (χ0) is 15.4. The average molecular weight is 327 g/mol. The van der Waals surface area contributed by atoms with Crippen LogP contribution in [-0.2, 0) is 24.7 Å². The van der Waals surface area contributed by atoms with E-state index in [2.05, 4.69) is 4.72 Å². The number of aliphatic carboxylic acids is 1. The van der Waals surface area contributed by atoms with E-state index >= 15 is 0 Å². The maximum absolute atomic E-state index is 12.1. The molecule has 0 aromatic carbocycles. The first-order valence-corrected chi connectivity index (χ1v) is 9.99. The summed E-state index contributed by atoms with van der Waals surface area (Å²) in [4.78, 5) is 11.0. The first-order valence-electron chi connectivity index (χ1n) is 6.62. The van der Waals surface area contributed by atoms with Crippen LogP contribution >= 0.6 is 0 Å². The fraction of sp³-hybridized carbons (Fsp3) is 0.909. The SMILES string of the molecule is CCCC[C@H](NS(=O)(=O)C1CCS(=O)(=O)CC1)C(=O)O. The lowest BCUT2D eigenvalue weighted by molar-refractivity contribution is -0.139. The number of rotatable bonds is 7. The van der Waals surface area contributed by atoms with Gasteiger partial charge in [-0.15, -0.1) is 0 Å². The quantitative estimate of drug-likeness (QED) is 0.686. The summed E-state index contributed by atoms with van der Waals surface area (Å²) >= 11 is 0. The highest BCUT2D eigenvalue weighted by molar-refractivity contribution is 7.92. The fourth-order valence-electron chi connectivity index (χ4n) is 2.11. The molecule has 0 saturated carbocycles. The Bertz CT molecular complexity index is 525. The largest absolute Gasteiger partial charge is 0.480 e. The topological polar surface area (TPSA) is 118 Å². The third-order valence-corrected chi connectivity index (χ3v) is 7.07. The molecule has 0 aromatic rings. The van der Waals surface area contributed by atoms with Gasteiger partial charge < -0.3 is 5.11 Å².